The molecule has 134 valence electrons. The highest BCUT2D eigenvalue weighted by molar-refractivity contribution is 9.10. The van der Waals surface area contributed by atoms with Gasteiger partial charge in [0.15, 0.2) is 10.6 Å². The predicted octanol–water partition coefficient (Wildman–Crippen LogP) is 5.02. The fourth-order valence-electron chi connectivity index (χ4n) is 2.61. The number of aromatic amines is 1. The van der Waals surface area contributed by atoms with Gasteiger partial charge in [0.05, 0.1) is 0 Å². The van der Waals surface area contributed by atoms with Crippen LogP contribution in [0.15, 0.2) is 46.9 Å². The summed E-state index contributed by atoms with van der Waals surface area (Å²) in [7, 11) is 0. The normalized spacial score (nSPS) is 10.7. The summed E-state index contributed by atoms with van der Waals surface area (Å²) in [5.41, 5.74) is 4.00. The molecule has 2 N–H and O–H groups in total. The predicted molar refractivity (Wildman–Crippen MR) is 110 cm³/mol. The quantitative estimate of drug-likeness (QED) is 0.558. The van der Waals surface area contributed by atoms with E-state index < -0.39 is 0 Å². The highest BCUT2D eigenvalue weighted by Gasteiger charge is 2.11. The van der Waals surface area contributed by atoms with Gasteiger partial charge < -0.3 is 5.32 Å². The van der Waals surface area contributed by atoms with Gasteiger partial charge in [0, 0.05) is 28.7 Å². The fourth-order valence-corrected chi connectivity index (χ4v) is 3.08. The molecule has 1 heterocycles. The van der Waals surface area contributed by atoms with Gasteiger partial charge in [0.1, 0.15) is 0 Å². The highest BCUT2D eigenvalue weighted by Crippen LogP contribution is 2.21. The van der Waals surface area contributed by atoms with E-state index in [1.54, 1.807) is 0 Å². The third kappa shape index (κ3) is 4.28. The molecule has 3 rings (SSSR count). The number of amides is 1. The third-order valence-electron chi connectivity index (χ3n) is 4.07. The van der Waals surface area contributed by atoms with Gasteiger partial charge in [-0.15, -0.1) is 0 Å². The summed E-state index contributed by atoms with van der Waals surface area (Å²) in [6, 6.07) is 13.8. The number of anilines is 1. The van der Waals surface area contributed by atoms with Crippen LogP contribution in [-0.4, -0.2) is 20.7 Å². The molecule has 3 aromatic rings. The third-order valence-corrected chi connectivity index (χ3v) is 5.27. The lowest BCUT2D eigenvalue weighted by molar-refractivity contribution is -0.116. The van der Waals surface area contributed by atoms with E-state index in [0.717, 1.165) is 27.1 Å². The average Bonchev–Trinajstić information content (AvgIpc) is 2.98. The second kappa shape index (κ2) is 7.97. The second-order valence-electron chi connectivity index (χ2n) is 6.13. The van der Waals surface area contributed by atoms with Gasteiger partial charge in [0.25, 0.3) is 0 Å². The van der Waals surface area contributed by atoms with E-state index in [1.165, 1.54) is 5.56 Å². The van der Waals surface area contributed by atoms with E-state index in [4.69, 9.17) is 12.2 Å². The fraction of sp³-hybridized carbons (Fsp3) is 0.211. The summed E-state index contributed by atoms with van der Waals surface area (Å²) in [5.74, 6) is 0.673. The minimum Gasteiger partial charge on any atom is -0.326 e. The molecule has 7 heteroatoms. The lowest BCUT2D eigenvalue weighted by atomic mass is 10.1. The van der Waals surface area contributed by atoms with Crippen LogP contribution >= 0.6 is 28.1 Å². The molecular formula is C19H19BrN4OS. The maximum absolute atomic E-state index is 12.3. The minimum absolute atomic E-state index is 0.0651. The van der Waals surface area contributed by atoms with Crippen molar-refractivity contribution in [1.29, 1.82) is 0 Å². The zero-order chi connectivity index (χ0) is 18.7. The summed E-state index contributed by atoms with van der Waals surface area (Å²) >= 11 is 8.78. The highest BCUT2D eigenvalue weighted by atomic mass is 79.9. The molecule has 0 radical (unpaired) electrons. The topological polar surface area (TPSA) is 62.7 Å². The first-order valence-electron chi connectivity index (χ1n) is 8.22. The number of H-pyrrole nitrogens is 1. The molecule has 0 saturated heterocycles. The Labute approximate surface area is 165 Å². The van der Waals surface area contributed by atoms with Crippen molar-refractivity contribution in [1.82, 2.24) is 14.8 Å². The van der Waals surface area contributed by atoms with Crippen LogP contribution < -0.4 is 5.32 Å². The molecule has 0 fully saturated rings. The van der Waals surface area contributed by atoms with Crippen molar-refractivity contribution in [2.45, 2.75) is 26.8 Å². The van der Waals surface area contributed by atoms with Crippen LogP contribution in [-0.2, 0) is 11.3 Å². The lowest BCUT2D eigenvalue weighted by Crippen LogP contribution is -2.15. The molecule has 0 saturated carbocycles. The Morgan fingerprint density at radius 1 is 1.23 bits per heavy atom. The lowest BCUT2D eigenvalue weighted by Gasteiger charge is -2.09. The minimum atomic E-state index is -0.0651. The van der Waals surface area contributed by atoms with Gasteiger partial charge in [-0.05, 0) is 49.8 Å². The van der Waals surface area contributed by atoms with Crippen LogP contribution in [0.3, 0.4) is 0 Å². The van der Waals surface area contributed by atoms with Gasteiger partial charge in [-0.25, -0.2) is 0 Å². The van der Waals surface area contributed by atoms with Crippen molar-refractivity contribution in [2.75, 3.05) is 5.32 Å². The number of benzene rings is 2. The van der Waals surface area contributed by atoms with E-state index >= 15 is 0 Å². The van der Waals surface area contributed by atoms with Gasteiger partial charge in [-0.3, -0.25) is 14.5 Å². The Morgan fingerprint density at radius 3 is 2.65 bits per heavy atom. The molecular weight excluding hydrogens is 412 g/mol. The summed E-state index contributed by atoms with van der Waals surface area (Å²) < 4.78 is 3.38. The molecule has 1 aromatic heterocycles. The van der Waals surface area contributed by atoms with Crippen molar-refractivity contribution in [3.05, 3.63) is 62.8 Å². The average molecular weight is 431 g/mol. The molecule has 0 aliphatic heterocycles. The number of aromatic nitrogens is 3. The van der Waals surface area contributed by atoms with E-state index in [-0.39, 0.29) is 5.91 Å². The molecule has 2 aromatic carbocycles. The molecule has 0 unspecified atom stereocenters. The second-order valence-corrected chi connectivity index (χ2v) is 7.37. The number of hydrogen-bond donors (Lipinski definition) is 2. The number of carbonyl (C=O) groups is 1. The maximum Gasteiger partial charge on any atom is 0.226 e. The van der Waals surface area contributed by atoms with Crippen LogP contribution in [0.1, 0.15) is 17.5 Å². The van der Waals surface area contributed by atoms with E-state index in [0.29, 0.717) is 17.7 Å². The maximum atomic E-state index is 12.3. The zero-order valence-electron chi connectivity index (χ0n) is 14.5. The first-order chi connectivity index (χ1) is 12.4. The number of hydrogen-bond acceptors (Lipinski definition) is 3. The number of carbonyl (C=O) groups excluding carboxylic acids is 1. The Morgan fingerprint density at radius 2 is 1.96 bits per heavy atom. The Bertz CT molecular complexity index is 992. The zero-order valence-corrected chi connectivity index (χ0v) is 16.9. The Hall–Kier alpha value is -2.25. The van der Waals surface area contributed by atoms with E-state index in [1.807, 2.05) is 60.9 Å². The first kappa shape index (κ1) is 18.5. The number of nitrogens with zero attached hydrogens (tertiary/aromatic N) is 2. The van der Waals surface area contributed by atoms with Crippen molar-refractivity contribution in [2.24, 2.45) is 0 Å². The van der Waals surface area contributed by atoms with Gasteiger partial charge in [-0.1, -0.05) is 45.8 Å². The SMILES string of the molecule is Cc1ccc(-c2n[nH]c(=S)n2CCC(=O)Nc2ccc(Br)c(C)c2)cc1. The number of aryl methyl sites for hydroxylation is 2. The van der Waals surface area contributed by atoms with Gasteiger partial charge in [-0.2, -0.15) is 5.10 Å². The molecule has 0 atom stereocenters. The number of rotatable bonds is 5. The van der Waals surface area contributed by atoms with Crippen LogP contribution in [0.5, 0.6) is 0 Å². The van der Waals surface area contributed by atoms with Crippen molar-refractivity contribution in [3.8, 4) is 11.4 Å². The molecule has 0 bridgehead atoms. The van der Waals surface area contributed by atoms with Gasteiger partial charge >= 0.3 is 0 Å². The van der Waals surface area contributed by atoms with Crippen LogP contribution in [0, 0.1) is 18.6 Å². The largest absolute Gasteiger partial charge is 0.326 e. The van der Waals surface area contributed by atoms with Crippen LogP contribution in [0.2, 0.25) is 0 Å². The van der Waals surface area contributed by atoms with Crippen LogP contribution in [0.4, 0.5) is 5.69 Å². The summed E-state index contributed by atoms with van der Waals surface area (Å²) in [6.07, 6.45) is 0.307. The van der Waals surface area contributed by atoms with Crippen LogP contribution in [0.25, 0.3) is 11.4 Å². The first-order valence-corrected chi connectivity index (χ1v) is 9.42. The van der Waals surface area contributed by atoms with Gasteiger partial charge in [0.2, 0.25) is 5.91 Å². The molecule has 0 spiro atoms. The Balaban J connectivity index is 1.70. The summed E-state index contributed by atoms with van der Waals surface area (Å²) in [6.45, 7) is 4.48. The van der Waals surface area contributed by atoms with Crippen molar-refractivity contribution in [3.63, 3.8) is 0 Å². The number of nitrogens with one attached hydrogen (secondary N) is 2. The monoisotopic (exact) mass is 430 g/mol. The molecule has 0 aliphatic rings. The summed E-state index contributed by atoms with van der Waals surface area (Å²) in [4.78, 5) is 12.3. The van der Waals surface area contributed by atoms with E-state index in [9.17, 15) is 4.79 Å². The molecule has 5 nitrogen and oxygen atoms in total. The molecule has 1 amide bonds. The summed E-state index contributed by atoms with van der Waals surface area (Å²) in [5, 5.41) is 10.0. The smallest absolute Gasteiger partial charge is 0.226 e. The molecule has 0 aliphatic carbocycles. The van der Waals surface area contributed by atoms with E-state index in [2.05, 4.69) is 31.4 Å². The molecule has 26 heavy (non-hydrogen) atoms. The van der Waals surface area contributed by atoms with Crippen molar-refractivity contribution < 1.29 is 4.79 Å². The standard InChI is InChI=1S/C19H19BrN4OS/c1-12-3-5-14(6-4-12)18-22-23-19(26)24(18)10-9-17(25)21-15-7-8-16(20)13(2)11-15/h3-8,11H,9-10H2,1-2H3,(H,21,25)(H,23,26). The Kier molecular flexibility index (Phi) is 5.68. The number of halogens is 1. The van der Waals surface area contributed by atoms with Crippen molar-refractivity contribution >= 4 is 39.7 Å².